The molecule has 0 aliphatic carbocycles. The molecule has 94 valence electrons. The maximum atomic E-state index is 12.9. The molecule has 0 spiro atoms. The highest BCUT2D eigenvalue weighted by molar-refractivity contribution is 5.16. The maximum absolute atomic E-state index is 12.9. The van der Waals surface area contributed by atoms with E-state index in [0.717, 1.165) is 12.1 Å². The van der Waals surface area contributed by atoms with Gasteiger partial charge in [-0.1, -0.05) is 12.1 Å². The molecule has 0 radical (unpaired) electrons. The van der Waals surface area contributed by atoms with E-state index in [4.69, 9.17) is 9.84 Å². The monoisotopic (exact) mass is 242 g/mol. The Kier molecular flexibility index (Phi) is 5.80. The first kappa shape index (κ1) is 13.8. The van der Waals surface area contributed by atoms with Gasteiger partial charge in [0.05, 0.1) is 12.7 Å². The van der Waals surface area contributed by atoms with Crippen LogP contribution in [-0.2, 0) is 11.3 Å². The van der Waals surface area contributed by atoms with E-state index in [1.165, 1.54) is 6.07 Å². The fourth-order valence-corrected chi connectivity index (χ4v) is 1.44. The molecule has 0 heterocycles. The van der Waals surface area contributed by atoms with E-state index in [-0.39, 0.29) is 19.3 Å². The quantitative estimate of drug-likeness (QED) is 0.745. The van der Waals surface area contributed by atoms with Crippen LogP contribution in [0.25, 0.3) is 0 Å². The Hall–Kier alpha value is -1.26. The van der Waals surface area contributed by atoms with Crippen molar-refractivity contribution in [2.45, 2.75) is 25.6 Å². The molecular formula is C13H16F2O2. The second kappa shape index (κ2) is 7.14. The van der Waals surface area contributed by atoms with E-state index < -0.39 is 11.6 Å². The summed E-state index contributed by atoms with van der Waals surface area (Å²) >= 11 is 0. The first-order valence-corrected chi connectivity index (χ1v) is 5.44. The van der Waals surface area contributed by atoms with Gasteiger partial charge in [-0.05, 0) is 30.5 Å². The Morgan fingerprint density at radius 2 is 2.12 bits per heavy atom. The van der Waals surface area contributed by atoms with Crippen molar-refractivity contribution in [1.82, 2.24) is 0 Å². The molecule has 0 fully saturated rings. The minimum Gasteiger partial charge on any atom is -0.396 e. The van der Waals surface area contributed by atoms with Gasteiger partial charge in [0.1, 0.15) is 0 Å². The summed E-state index contributed by atoms with van der Waals surface area (Å²) in [5.74, 6) is -1.75. The molecule has 1 rings (SSSR count). The summed E-state index contributed by atoms with van der Waals surface area (Å²) in [6.07, 6.45) is 2.66. The second-order valence-electron chi connectivity index (χ2n) is 3.72. The molecule has 4 heteroatoms. The third kappa shape index (κ3) is 4.63. The highest BCUT2D eigenvalue weighted by atomic mass is 19.2. The molecule has 17 heavy (non-hydrogen) atoms. The predicted molar refractivity (Wildman–Crippen MR) is 61.5 cm³/mol. The van der Waals surface area contributed by atoms with E-state index in [9.17, 15) is 8.78 Å². The Morgan fingerprint density at radius 1 is 1.35 bits per heavy atom. The average molecular weight is 242 g/mol. The van der Waals surface area contributed by atoms with Crippen molar-refractivity contribution in [3.05, 3.63) is 48.1 Å². The van der Waals surface area contributed by atoms with Crippen LogP contribution >= 0.6 is 0 Å². The Morgan fingerprint density at radius 3 is 2.71 bits per heavy atom. The van der Waals surface area contributed by atoms with E-state index in [1.807, 2.05) is 0 Å². The van der Waals surface area contributed by atoms with Crippen LogP contribution in [0, 0.1) is 11.6 Å². The molecule has 0 aliphatic heterocycles. The number of benzene rings is 1. The first-order valence-electron chi connectivity index (χ1n) is 5.44. The van der Waals surface area contributed by atoms with Gasteiger partial charge in [-0.15, -0.1) is 6.58 Å². The number of hydrogen-bond donors (Lipinski definition) is 1. The fourth-order valence-electron chi connectivity index (χ4n) is 1.44. The summed E-state index contributed by atoms with van der Waals surface area (Å²) < 4.78 is 31.1. The minimum absolute atomic E-state index is 0.0241. The van der Waals surface area contributed by atoms with Gasteiger partial charge in [0.25, 0.3) is 0 Å². The second-order valence-corrected chi connectivity index (χ2v) is 3.72. The minimum atomic E-state index is -0.881. The lowest BCUT2D eigenvalue weighted by Gasteiger charge is -2.15. The van der Waals surface area contributed by atoms with Crippen LogP contribution in [0.15, 0.2) is 30.9 Å². The summed E-state index contributed by atoms with van der Waals surface area (Å²) in [4.78, 5) is 0. The van der Waals surface area contributed by atoms with Crippen molar-refractivity contribution < 1.29 is 18.6 Å². The first-order chi connectivity index (χ1) is 8.17. The Labute approximate surface area is 99.5 Å². The third-order valence-electron chi connectivity index (χ3n) is 2.35. The van der Waals surface area contributed by atoms with Crippen LogP contribution in [0.4, 0.5) is 8.78 Å². The molecule has 1 unspecified atom stereocenters. The van der Waals surface area contributed by atoms with Gasteiger partial charge in [-0.25, -0.2) is 8.78 Å². The van der Waals surface area contributed by atoms with Crippen molar-refractivity contribution in [2.24, 2.45) is 0 Å². The van der Waals surface area contributed by atoms with Crippen molar-refractivity contribution >= 4 is 0 Å². The molecule has 1 aromatic rings. The number of ether oxygens (including phenoxy) is 1. The number of halogens is 2. The summed E-state index contributed by atoms with van der Waals surface area (Å²) in [6, 6.07) is 3.66. The van der Waals surface area contributed by atoms with Gasteiger partial charge in [0.2, 0.25) is 0 Å². The third-order valence-corrected chi connectivity index (χ3v) is 2.35. The predicted octanol–water partition coefficient (Wildman–Crippen LogP) is 2.81. The van der Waals surface area contributed by atoms with Crippen LogP contribution in [0.2, 0.25) is 0 Å². The number of hydrogen-bond acceptors (Lipinski definition) is 2. The van der Waals surface area contributed by atoms with Crippen molar-refractivity contribution in [3.8, 4) is 0 Å². The van der Waals surface area contributed by atoms with Crippen molar-refractivity contribution in [1.29, 1.82) is 0 Å². The molecule has 0 aliphatic rings. The fraction of sp³-hybridized carbons (Fsp3) is 0.385. The molecule has 0 saturated heterocycles. The number of aliphatic hydroxyl groups excluding tert-OH is 1. The van der Waals surface area contributed by atoms with Gasteiger partial charge in [-0.3, -0.25) is 0 Å². The molecule has 0 aromatic heterocycles. The number of aliphatic hydroxyl groups is 1. The van der Waals surface area contributed by atoms with E-state index in [0.29, 0.717) is 18.4 Å². The molecule has 0 amide bonds. The maximum Gasteiger partial charge on any atom is 0.159 e. The van der Waals surface area contributed by atoms with Crippen LogP contribution in [0.5, 0.6) is 0 Å². The average Bonchev–Trinajstić information content (AvgIpc) is 2.31. The molecule has 0 bridgehead atoms. The summed E-state index contributed by atoms with van der Waals surface area (Å²) in [7, 11) is 0. The van der Waals surface area contributed by atoms with Gasteiger partial charge in [0, 0.05) is 6.61 Å². The summed E-state index contributed by atoms with van der Waals surface area (Å²) in [5, 5.41) is 8.82. The Bertz CT molecular complexity index is 366. The largest absolute Gasteiger partial charge is 0.396 e. The van der Waals surface area contributed by atoms with Crippen LogP contribution < -0.4 is 0 Å². The highest BCUT2D eigenvalue weighted by Crippen LogP contribution is 2.12. The van der Waals surface area contributed by atoms with E-state index in [1.54, 1.807) is 6.08 Å². The lowest BCUT2D eigenvalue weighted by Crippen LogP contribution is -2.13. The molecular weight excluding hydrogens is 226 g/mol. The normalized spacial score (nSPS) is 12.4. The van der Waals surface area contributed by atoms with Crippen LogP contribution in [-0.4, -0.2) is 17.8 Å². The SMILES string of the molecule is C=CCC(CCO)OCc1ccc(F)c(F)c1. The summed E-state index contributed by atoms with van der Waals surface area (Å²) in [5.41, 5.74) is 0.566. The lowest BCUT2D eigenvalue weighted by molar-refractivity contribution is 0.0261. The van der Waals surface area contributed by atoms with E-state index in [2.05, 4.69) is 6.58 Å². The van der Waals surface area contributed by atoms with Crippen LogP contribution in [0.3, 0.4) is 0 Å². The van der Waals surface area contributed by atoms with Gasteiger partial charge >= 0.3 is 0 Å². The molecule has 0 saturated carbocycles. The summed E-state index contributed by atoms with van der Waals surface area (Å²) in [6.45, 7) is 3.81. The molecule has 1 atom stereocenters. The smallest absolute Gasteiger partial charge is 0.159 e. The van der Waals surface area contributed by atoms with Crippen LogP contribution in [0.1, 0.15) is 18.4 Å². The zero-order chi connectivity index (χ0) is 12.7. The lowest BCUT2D eigenvalue weighted by atomic mass is 10.2. The zero-order valence-corrected chi connectivity index (χ0v) is 9.53. The van der Waals surface area contributed by atoms with Crippen molar-refractivity contribution in [2.75, 3.05) is 6.61 Å². The van der Waals surface area contributed by atoms with Crippen molar-refractivity contribution in [3.63, 3.8) is 0 Å². The van der Waals surface area contributed by atoms with Gasteiger partial charge in [0.15, 0.2) is 11.6 Å². The Balaban J connectivity index is 2.52. The highest BCUT2D eigenvalue weighted by Gasteiger charge is 2.08. The van der Waals surface area contributed by atoms with Gasteiger partial charge < -0.3 is 9.84 Å². The zero-order valence-electron chi connectivity index (χ0n) is 9.53. The molecule has 1 N–H and O–H groups in total. The number of rotatable bonds is 7. The standard InChI is InChI=1S/C13H16F2O2/c1-2-3-11(6-7-16)17-9-10-4-5-12(14)13(15)8-10/h2,4-5,8,11,16H,1,3,6-7,9H2. The van der Waals surface area contributed by atoms with Gasteiger partial charge in [-0.2, -0.15) is 0 Å². The van der Waals surface area contributed by atoms with E-state index >= 15 is 0 Å². The topological polar surface area (TPSA) is 29.5 Å². The molecule has 1 aromatic carbocycles. The molecule has 2 nitrogen and oxygen atoms in total.